The first-order valence-electron chi connectivity index (χ1n) is 8.24. The molecule has 3 aromatic rings. The van der Waals surface area contributed by atoms with Gasteiger partial charge in [0.15, 0.2) is 0 Å². The molecule has 1 heterocycles. The lowest BCUT2D eigenvalue weighted by molar-refractivity contribution is -0.117. The van der Waals surface area contributed by atoms with Crippen LogP contribution in [0.2, 0.25) is 5.02 Å². The number of carbonyl (C=O) groups is 1. The number of hydrogen-bond donors (Lipinski definition) is 1. The Morgan fingerprint density at radius 1 is 1.22 bits per heavy atom. The van der Waals surface area contributed by atoms with Crippen molar-refractivity contribution < 1.29 is 13.9 Å². The molecule has 1 aromatic heterocycles. The quantitative estimate of drug-likeness (QED) is 0.669. The number of hydrogen-bond acceptors (Lipinski definition) is 6. The second kappa shape index (κ2) is 8.66. The zero-order valence-electron chi connectivity index (χ0n) is 15.0. The molecule has 0 bridgehead atoms. The Labute approximate surface area is 161 Å². The Morgan fingerprint density at radius 3 is 2.74 bits per heavy atom. The molecule has 0 saturated heterocycles. The van der Waals surface area contributed by atoms with Crippen LogP contribution >= 0.6 is 11.6 Å². The fourth-order valence-electron chi connectivity index (χ4n) is 2.46. The molecule has 8 heteroatoms. The number of halogens is 1. The van der Waals surface area contributed by atoms with Gasteiger partial charge in [-0.2, -0.15) is 0 Å². The van der Waals surface area contributed by atoms with Crippen LogP contribution in [0.1, 0.15) is 5.89 Å². The van der Waals surface area contributed by atoms with Crippen LogP contribution in [0.25, 0.3) is 11.5 Å². The minimum atomic E-state index is -0.150. The summed E-state index contributed by atoms with van der Waals surface area (Å²) in [6.07, 6.45) is 0. The van der Waals surface area contributed by atoms with Gasteiger partial charge in [0.1, 0.15) is 5.75 Å². The average molecular weight is 387 g/mol. The number of aromatic nitrogens is 2. The van der Waals surface area contributed by atoms with Crippen molar-refractivity contribution in [2.75, 3.05) is 26.0 Å². The molecule has 2 aromatic carbocycles. The Hall–Kier alpha value is -2.90. The molecule has 27 heavy (non-hydrogen) atoms. The van der Waals surface area contributed by atoms with Crippen molar-refractivity contribution in [2.24, 2.45) is 0 Å². The number of anilines is 1. The van der Waals surface area contributed by atoms with E-state index in [1.54, 1.807) is 43.3 Å². The van der Waals surface area contributed by atoms with Crippen molar-refractivity contribution in [3.05, 3.63) is 59.4 Å². The number of nitrogens with zero attached hydrogens (tertiary/aromatic N) is 3. The van der Waals surface area contributed by atoms with Crippen LogP contribution < -0.4 is 10.1 Å². The van der Waals surface area contributed by atoms with E-state index in [2.05, 4.69) is 15.5 Å². The first-order chi connectivity index (χ1) is 13.0. The van der Waals surface area contributed by atoms with Gasteiger partial charge in [-0.15, -0.1) is 10.2 Å². The summed E-state index contributed by atoms with van der Waals surface area (Å²) < 4.78 is 10.8. The van der Waals surface area contributed by atoms with Crippen LogP contribution in [0, 0.1) is 0 Å². The highest BCUT2D eigenvalue weighted by Gasteiger charge is 2.13. The fourth-order valence-corrected chi connectivity index (χ4v) is 2.59. The first kappa shape index (κ1) is 18.9. The Bertz CT molecular complexity index is 911. The number of likely N-dealkylation sites (N-methyl/N-ethyl adjacent to an activating group) is 1. The Morgan fingerprint density at radius 2 is 2.00 bits per heavy atom. The third kappa shape index (κ3) is 5.29. The minimum absolute atomic E-state index is 0.150. The van der Waals surface area contributed by atoms with Crippen LogP contribution in [-0.4, -0.2) is 41.7 Å². The van der Waals surface area contributed by atoms with Crippen LogP contribution in [0.3, 0.4) is 0 Å². The van der Waals surface area contributed by atoms with Crippen LogP contribution in [0.15, 0.2) is 52.9 Å². The lowest BCUT2D eigenvalue weighted by Crippen LogP contribution is -2.29. The molecule has 1 amide bonds. The van der Waals surface area contributed by atoms with Gasteiger partial charge in [0.2, 0.25) is 17.7 Å². The zero-order chi connectivity index (χ0) is 19.2. The maximum Gasteiger partial charge on any atom is 0.247 e. The molecule has 0 saturated carbocycles. The average Bonchev–Trinajstić information content (AvgIpc) is 3.10. The van der Waals surface area contributed by atoms with E-state index < -0.39 is 0 Å². The highest BCUT2D eigenvalue weighted by Crippen LogP contribution is 2.20. The van der Waals surface area contributed by atoms with Crippen LogP contribution in [-0.2, 0) is 11.3 Å². The van der Waals surface area contributed by atoms with E-state index in [1.165, 1.54) is 0 Å². The number of benzene rings is 2. The molecule has 0 aliphatic rings. The van der Waals surface area contributed by atoms with E-state index in [0.717, 1.165) is 5.56 Å². The standard InChI is InChI=1S/C19H19ClN4O3/c1-24(11-17(25)21-15-4-3-5-16(10-15)26-2)12-18-22-23-19(27-18)13-6-8-14(20)9-7-13/h3-10H,11-12H2,1-2H3,(H,21,25). The van der Waals surface area contributed by atoms with E-state index in [9.17, 15) is 4.79 Å². The van der Waals surface area contributed by atoms with Crippen molar-refractivity contribution in [3.63, 3.8) is 0 Å². The fraction of sp³-hybridized carbons (Fsp3) is 0.211. The Kier molecular flexibility index (Phi) is 6.05. The third-order valence-corrected chi connectivity index (χ3v) is 3.98. The molecule has 7 nitrogen and oxygen atoms in total. The summed E-state index contributed by atoms with van der Waals surface area (Å²) in [6, 6.07) is 14.3. The molecule has 0 aliphatic carbocycles. The lowest BCUT2D eigenvalue weighted by Gasteiger charge is -2.14. The number of nitrogens with one attached hydrogen (secondary N) is 1. The number of carbonyl (C=O) groups excluding carboxylic acids is 1. The smallest absolute Gasteiger partial charge is 0.247 e. The number of methoxy groups -OCH3 is 1. The maximum absolute atomic E-state index is 12.2. The normalized spacial score (nSPS) is 10.8. The van der Waals surface area contributed by atoms with Crippen molar-refractivity contribution in [2.45, 2.75) is 6.54 Å². The van der Waals surface area contributed by atoms with E-state index in [1.807, 2.05) is 24.3 Å². The SMILES string of the molecule is COc1cccc(NC(=O)CN(C)Cc2nnc(-c3ccc(Cl)cc3)o2)c1. The van der Waals surface area contributed by atoms with Gasteiger partial charge in [-0.3, -0.25) is 9.69 Å². The number of rotatable bonds is 7. The van der Waals surface area contributed by atoms with Gasteiger partial charge in [0, 0.05) is 22.3 Å². The molecule has 0 fully saturated rings. The number of amides is 1. The second-order valence-electron chi connectivity index (χ2n) is 5.96. The highest BCUT2D eigenvalue weighted by atomic mass is 35.5. The molecule has 1 N–H and O–H groups in total. The summed E-state index contributed by atoms with van der Waals surface area (Å²) in [5, 5.41) is 11.5. The summed E-state index contributed by atoms with van der Waals surface area (Å²) in [5.41, 5.74) is 1.46. The predicted molar refractivity (Wildman–Crippen MR) is 103 cm³/mol. The third-order valence-electron chi connectivity index (χ3n) is 3.73. The van der Waals surface area contributed by atoms with Crippen molar-refractivity contribution >= 4 is 23.2 Å². The highest BCUT2D eigenvalue weighted by molar-refractivity contribution is 6.30. The van der Waals surface area contributed by atoms with Crippen LogP contribution in [0.5, 0.6) is 5.75 Å². The molecule has 0 spiro atoms. The van der Waals surface area contributed by atoms with E-state index >= 15 is 0 Å². The summed E-state index contributed by atoms with van der Waals surface area (Å²) in [5.74, 6) is 1.37. The second-order valence-corrected chi connectivity index (χ2v) is 6.40. The predicted octanol–water partition coefficient (Wildman–Crippen LogP) is 3.47. The lowest BCUT2D eigenvalue weighted by atomic mass is 10.2. The van der Waals surface area contributed by atoms with Gasteiger partial charge in [-0.05, 0) is 43.4 Å². The molecular formula is C19H19ClN4O3. The summed E-state index contributed by atoms with van der Waals surface area (Å²) >= 11 is 5.88. The van der Waals surface area contributed by atoms with E-state index in [4.69, 9.17) is 20.8 Å². The summed E-state index contributed by atoms with van der Waals surface area (Å²) in [4.78, 5) is 14.0. The summed E-state index contributed by atoms with van der Waals surface area (Å²) in [7, 11) is 3.38. The van der Waals surface area contributed by atoms with Gasteiger partial charge >= 0.3 is 0 Å². The van der Waals surface area contributed by atoms with Crippen molar-refractivity contribution in [3.8, 4) is 17.2 Å². The van der Waals surface area contributed by atoms with E-state index in [0.29, 0.717) is 34.8 Å². The molecular weight excluding hydrogens is 368 g/mol. The van der Waals surface area contributed by atoms with Crippen molar-refractivity contribution in [1.82, 2.24) is 15.1 Å². The molecule has 0 atom stereocenters. The monoisotopic (exact) mass is 386 g/mol. The topological polar surface area (TPSA) is 80.5 Å². The first-order valence-corrected chi connectivity index (χ1v) is 8.62. The maximum atomic E-state index is 12.2. The van der Waals surface area contributed by atoms with Gasteiger partial charge in [0.05, 0.1) is 20.2 Å². The number of ether oxygens (including phenoxy) is 1. The van der Waals surface area contributed by atoms with Crippen molar-refractivity contribution in [1.29, 1.82) is 0 Å². The van der Waals surface area contributed by atoms with Crippen LogP contribution in [0.4, 0.5) is 5.69 Å². The van der Waals surface area contributed by atoms with Gasteiger partial charge < -0.3 is 14.5 Å². The largest absolute Gasteiger partial charge is 0.497 e. The van der Waals surface area contributed by atoms with Gasteiger partial charge in [0.25, 0.3) is 0 Å². The van der Waals surface area contributed by atoms with E-state index in [-0.39, 0.29) is 12.5 Å². The molecule has 0 radical (unpaired) electrons. The molecule has 0 unspecified atom stereocenters. The Balaban J connectivity index is 1.55. The molecule has 140 valence electrons. The summed E-state index contributed by atoms with van der Waals surface area (Å²) in [6.45, 7) is 0.530. The zero-order valence-corrected chi connectivity index (χ0v) is 15.7. The minimum Gasteiger partial charge on any atom is -0.497 e. The molecule has 3 rings (SSSR count). The van der Waals surface area contributed by atoms with Gasteiger partial charge in [-0.1, -0.05) is 17.7 Å². The van der Waals surface area contributed by atoms with Gasteiger partial charge in [-0.25, -0.2) is 0 Å². The molecule has 0 aliphatic heterocycles.